The largest absolute Gasteiger partial charge is 0.349 e. The Hall–Kier alpha value is -1.16. The molecule has 0 heterocycles. The highest BCUT2D eigenvalue weighted by molar-refractivity contribution is 6.31. The second-order valence-corrected chi connectivity index (χ2v) is 3.90. The summed E-state index contributed by atoms with van der Waals surface area (Å²) in [6, 6.07) is 1.74. The fourth-order valence-electron chi connectivity index (χ4n) is 1.19. The number of halogens is 3. The molecule has 2 rings (SSSR count). The Labute approximate surface area is 90.2 Å². The van der Waals surface area contributed by atoms with Gasteiger partial charge in [0.15, 0.2) is 0 Å². The summed E-state index contributed by atoms with van der Waals surface area (Å²) >= 11 is 5.46. The Balaban J connectivity index is 2.25. The highest BCUT2D eigenvalue weighted by Gasteiger charge is 2.25. The van der Waals surface area contributed by atoms with Gasteiger partial charge in [-0.1, -0.05) is 11.6 Å². The molecular weight excluding hydrogens is 224 g/mol. The van der Waals surface area contributed by atoms with Crippen LogP contribution in [0.15, 0.2) is 12.1 Å². The van der Waals surface area contributed by atoms with Crippen molar-refractivity contribution in [2.45, 2.75) is 18.9 Å². The van der Waals surface area contributed by atoms with Gasteiger partial charge in [-0.05, 0) is 18.9 Å². The summed E-state index contributed by atoms with van der Waals surface area (Å²) in [5.41, 5.74) is -0.215. The topological polar surface area (TPSA) is 29.1 Å². The number of hydrogen-bond acceptors (Lipinski definition) is 1. The lowest BCUT2D eigenvalue weighted by Crippen LogP contribution is -2.26. The molecule has 1 saturated carbocycles. The number of carbonyl (C=O) groups excluding carboxylic acids is 1. The Kier molecular flexibility index (Phi) is 2.61. The molecule has 0 atom stereocenters. The van der Waals surface area contributed by atoms with Crippen LogP contribution in [0, 0.1) is 11.6 Å². The highest BCUT2D eigenvalue weighted by atomic mass is 35.5. The average Bonchev–Trinajstić information content (AvgIpc) is 2.95. The van der Waals surface area contributed by atoms with E-state index >= 15 is 0 Å². The molecule has 0 saturated heterocycles. The van der Waals surface area contributed by atoms with Gasteiger partial charge < -0.3 is 5.32 Å². The van der Waals surface area contributed by atoms with Crippen LogP contribution in [0.1, 0.15) is 23.2 Å². The summed E-state index contributed by atoms with van der Waals surface area (Å²) in [4.78, 5) is 11.4. The maximum Gasteiger partial charge on any atom is 0.254 e. The van der Waals surface area contributed by atoms with E-state index in [-0.39, 0.29) is 16.6 Å². The molecule has 1 aliphatic rings. The first-order valence-electron chi connectivity index (χ1n) is 4.53. The van der Waals surface area contributed by atoms with Crippen molar-refractivity contribution >= 4 is 17.5 Å². The molecule has 1 aliphatic carbocycles. The van der Waals surface area contributed by atoms with Crippen LogP contribution in [0.2, 0.25) is 5.02 Å². The SMILES string of the molecule is O=C(NC1CC1)c1cc(Cl)c(F)cc1F. The van der Waals surface area contributed by atoms with E-state index in [0.29, 0.717) is 6.07 Å². The molecule has 0 aromatic heterocycles. The number of amides is 1. The van der Waals surface area contributed by atoms with Crippen molar-refractivity contribution in [3.63, 3.8) is 0 Å². The second-order valence-electron chi connectivity index (χ2n) is 3.49. The van der Waals surface area contributed by atoms with Gasteiger partial charge in [-0.3, -0.25) is 4.79 Å². The Morgan fingerprint density at radius 1 is 1.33 bits per heavy atom. The Bertz CT molecular complexity index is 418. The molecule has 0 unspecified atom stereocenters. The van der Waals surface area contributed by atoms with E-state index in [9.17, 15) is 13.6 Å². The molecule has 0 radical (unpaired) electrons. The monoisotopic (exact) mass is 231 g/mol. The van der Waals surface area contributed by atoms with Gasteiger partial charge in [-0.15, -0.1) is 0 Å². The minimum atomic E-state index is -0.893. The lowest BCUT2D eigenvalue weighted by Gasteiger charge is -2.05. The minimum Gasteiger partial charge on any atom is -0.349 e. The molecule has 1 fully saturated rings. The van der Waals surface area contributed by atoms with Gasteiger partial charge >= 0.3 is 0 Å². The van der Waals surface area contributed by atoms with Gasteiger partial charge in [0.1, 0.15) is 11.6 Å². The third kappa shape index (κ3) is 2.26. The summed E-state index contributed by atoms with van der Waals surface area (Å²) < 4.78 is 26.0. The van der Waals surface area contributed by atoms with Gasteiger partial charge in [0.25, 0.3) is 5.91 Å². The molecule has 0 bridgehead atoms. The Morgan fingerprint density at radius 3 is 2.60 bits per heavy atom. The van der Waals surface area contributed by atoms with Crippen LogP contribution in [0.3, 0.4) is 0 Å². The van der Waals surface area contributed by atoms with E-state index in [2.05, 4.69) is 5.32 Å². The first-order chi connectivity index (χ1) is 7.08. The van der Waals surface area contributed by atoms with Crippen molar-refractivity contribution in [2.75, 3.05) is 0 Å². The van der Waals surface area contributed by atoms with Gasteiger partial charge in [-0.25, -0.2) is 8.78 Å². The third-order valence-electron chi connectivity index (χ3n) is 2.17. The van der Waals surface area contributed by atoms with Crippen LogP contribution in [0.25, 0.3) is 0 Å². The van der Waals surface area contributed by atoms with E-state index in [4.69, 9.17) is 11.6 Å². The maximum absolute atomic E-state index is 13.2. The lowest BCUT2D eigenvalue weighted by molar-refractivity contribution is 0.0947. The van der Waals surface area contributed by atoms with Crippen molar-refractivity contribution in [3.8, 4) is 0 Å². The number of nitrogens with one attached hydrogen (secondary N) is 1. The number of benzene rings is 1. The Morgan fingerprint density at radius 2 is 2.00 bits per heavy atom. The summed E-state index contributed by atoms with van der Waals surface area (Å²) in [5, 5.41) is 2.35. The van der Waals surface area contributed by atoms with Crippen LogP contribution in [-0.2, 0) is 0 Å². The van der Waals surface area contributed by atoms with Crippen LogP contribution >= 0.6 is 11.6 Å². The zero-order valence-corrected chi connectivity index (χ0v) is 8.44. The van der Waals surface area contributed by atoms with Crippen molar-refractivity contribution in [1.29, 1.82) is 0 Å². The number of hydrogen-bond donors (Lipinski definition) is 1. The fraction of sp³-hybridized carbons (Fsp3) is 0.300. The van der Waals surface area contributed by atoms with E-state index in [0.717, 1.165) is 18.9 Å². The van der Waals surface area contributed by atoms with Crippen LogP contribution < -0.4 is 5.32 Å². The molecule has 1 aromatic carbocycles. The zero-order valence-electron chi connectivity index (χ0n) is 7.69. The van der Waals surface area contributed by atoms with E-state index in [1.807, 2.05) is 0 Å². The molecule has 0 aliphatic heterocycles. The summed E-state index contributed by atoms with van der Waals surface area (Å²) in [6.07, 6.45) is 1.81. The standard InChI is InChI=1S/C10H8ClF2NO/c11-7-3-6(8(12)4-9(7)13)10(15)14-5-1-2-5/h3-5H,1-2H2,(H,14,15). The predicted octanol–water partition coefficient (Wildman–Crippen LogP) is 2.51. The second kappa shape index (κ2) is 3.77. The third-order valence-corrected chi connectivity index (χ3v) is 2.46. The molecule has 15 heavy (non-hydrogen) atoms. The van der Waals surface area contributed by atoms with E-state index < -0.39 is 17.5 Å². The van der Waals surface area contributed by atoms with Crippen molar-refractivity contribution < 1.29 is 13.6 Å². The molecular formula is C10H8ClF2NO. The van der Waals surface area contributed by atoms with Gasteiger partial charge in [-0.2, -0.15) is 0 Å². The normalized spacial score (nSPS) is 15.1. The fourth-order valence-corrected chi connectivity index (χ4v) is 1.35. The smallest absolute Gasteiger partial charge is 0.254 e. The number of rotatable bonds is 2. The van der Waals surface area contributed by atoms with Crippen LogP contribution in [0.5, 0.6) is 0 Å². The van der Waals surface area contributed by atoms with Crippen molar-refractivity contribution in [3.05, 3.63) is 34.4 Å². The van der Waals surface area contributed by atoms with Crippen molar-refractivity contribution in [1.82, 2.24) is 5.32 Å². The zero-order chi connectivity index (χ0) is 11.0. The highest BCUT2D eigenvalue weighted by Crippen LogP contribution is 2.22. The molecule has 2 nitrogen and oxygen atoms in total. The van der Waals surface area contributed by atoms with E-state index in [1.54, 1.807) is 0 Å². The molecule has 0 spiro atoms. The molecule has 1 amide bonds. The first-order valence-corrected chi connectivity index (χ1v) is 4.91. The predicted molar refractivity (Wildman–Crippen MR) is 51.9 cm³/mol. The van der Waals surface area contributed by atoms with Gasteiger partial charge in [0.2, 0.25) is 0 Å². The summed E-state index contributed by atoms with van der Waals surface area (Å²) in [7, 11) is 0. The summed E-state index contributed by atoms with van der Waals surface area (Å²) in [6.45, 7) is 0. The van der Waals surface area contributed by atoms with E-state index in [1.165, 1.54) is 0 Å². The summed E-state index contributed by atoms with van der Waals surface area (Å²) in [5.74, 6) is -2.30. The maximum atomic E-state index is 13.2. The van der Waals surface area contributed by atoms with Gasteiger partial charge in [0.05, 0.1) is 10.6 Å². The van der Waals surface area contributed by atoms with Gasteiger partial charge in [0, 0.05) is 12.1 Å². The molecule has 5 heteroatoms. The molecule has 80 valence electrons. The first kappa shape index (κ1) is 10.4. The van der Waals surface area contributed by atoms with Crippen LogP contribution in [0.4, 0.5) is 8.78 Å². The van der Waals surface area contributed by atoms with Crippen molar-refractivity contribution in [2.24, 2.45) is 0 Å². The molecule has 1 aromatic rings. The average molecular weight is 232 g/mol. The quantitative estimate of drug-likeness (QED) is 0.779. The molecule has 1 N–H and O–H groups in total. The van der Waals surface area contributed by atoms with Crippen LogP contribution in [-0.4, -0.2) is 11.9 Å². The minimum absolute atomic E-state index is 0.126. The lowest BCUT2D eigenvalue weighted by atomic mass is 10.2. The number of carbonyl (C=O) groups is 1.